The Balaban J connectivity index is 2.81. The minimum atomic E-state index is -0.862. The number of aromatic hydroxyl groups is 1. The molecule has 0 aromatic heterocycles. The van der Waals surface area contributed by atoms with Crippen molar-refractivity contribution in [3.63, 3.8) is 0 Å². The fourth-order valence-corrected chi connectivity index (χ4v) is 1.66. The zero-order valence-electron chi connectivity index (χ0n) is 8.86. The Morgan fingerprint density at radius 1 is 1.50 bits per heavy atom. The van der Waals surface area contributed by atoms with E-state index >= 15 is 0 Å². The number of carbonyl (C=O) groups is 1. The third kappa shape index (κ3) is 3.03. The third-order valence-corrected chi connectivity index (χ3v) is 2.58. The van der Waals surface area contributed by atoms with Gasteiger partial charge in [0.15, 0.2) is 11.5 Å². The molecule has 5 heteroatoms. The van der Waals surface area contributed by atoms with Gasteiger partial charge in [-0.1, -0.05) is 11.6 Å². The van der Waals surface area contributed by atoms with E-state index in [1.165, 1.54) is 7.11 Å². The van der Waals surface area contributed by atoms with E-state index < -0.39 is 5.97 Å². The van der Waals surface area contributed by atoms with Crippen LogP contribution in [-0.2, 0) is 11.2 Å². The Labute approximate surface area is 98.4 Å². The molecule has 0 radical (unpaired) electrons. The number of phenolic OH excluding ortho intramolecular Hbond substituents is 1. The van der Waals surface area contributed by atoms with Gasteiger partial charge in [-0.3, -0.25) is 4.79 Å². The second kappa shape index (κ2) is 5.61. The molecule has 1 aromatic carbocycles. The highest BCUT2D eigenvalue weighted by molar-refractivity contribution is 6.31. The van der Waals surface area contributed by atoms with Gasteiger partial charge < -0.3 is 14.9 Å². The van der Waals surface area contributed by atoms with E-state index in [2.05, 4.69) is 0 Å². The largest absolute Gasteiger partial charge is 0.504 e. The van der Waals surface area contributed by atoms with Crippen molar-refractivity contribution in [1.82, 2.24) is 0 Å². The molecule has 16 heavy (non-hydrogen) atoms. The number of phenols is 1. The van der Waals surface area contributed by atoms with Crippen LogP contribution in [-0.4, -0.2) is 23.3 Å². The molecule has 0 fully saturated rings. The molecule has 0 unspecified atom stereocenters. The zero-order valence-corrected chi connectivity index (χ0v) is 9.62. The topological polar surface area (TPSA) is 66.8 Å². The molecule has 0 atom stereocenters. The molecule has 0 spiro atoms. The molecular formula is C11H13ClO4. The number of aliphatic carboxylic acids is 1. The number of hydrogen-bond donors (Lipinski definition) is 2. The quantitative estimate of drug-likeness (QED) is 0.835. The van der Waals surface area contributed by atoms with Gasteiger partial charge >= 0.3 is 5.97 Å². The van der Waals surface area contributed by atoms with E-state index in [4.69, 9.17) is 21.4 Å². The Kier molecular flexibility index (Phi) is 4.43. The summed E-state index contributed by atoms with van der Waals surface area (Å²) in [5.41, 5.74) is 0.530. The van der Waals surface area contributed by atoms with Gasteiger partial charge in [0.2, 0.25) is 0 Å². The van der Waals surface area contributed by atoms with Crippen LogP contribution >= 0.6 is 11.6 Å². The second-order valence-electron chi connectivity index (χ2n) is 3.32. The first kappa shape index (κ1) is 12.6. The van der Waals surface area contributed by atoms with Crippen molar-refractivity contribution in [2.24, 2.45) is 0 Å². The number of benzene rings is 1. The lowest BCUT2D eigenvalue weighted by atomic mass is 10.1. The predicted octanol–water partition coefficient (Wildman–Crippen LogP) is 2.46. The van der Waals surface area contributed by atoms with Gasteiger partial charge in [0, 0.05) is 17.0 Å². The van der Waals surface area contributed by atoms with Crippen LogP contribution in [0, 0.1) is 0 Å². The molecule has 4 nitrogen and oxygen atoms in total. The monoisotopic (exact) mass is 244 g/mol. The molecule has 88 valence electrons. The summed E-state index contributed by atoms with van der Waals surface area (Å²) in [5, 5.41) is 18.7. The van der Waals surface area contributed by atoms with Crippen molar-refractivity contribution in [2.45, 2.75) is 19.3 Å². The number of rotatable bonds is 5. The third-order valence-electron chi connectivity index (χ3n) is 2.23. The number of carboxylic acid groups (broad SMARTS) is 1. The average Bonchev–Trinajstić information content (AvgIpc) is 2.23. The molecule has 0 aliphatic rings. The first-order valence-electron chi connectivity index (χ1n) is 4.82. The SMILES string of the molecule is COc1ccc(Cl)c(CCCC(=O)O)c1O. The highest BCUT2D eigenvalue weighted by Gasteiger charge is 2.12. The number of carboxylic acids is 1. The summed E-state index contributed by atoms with van der Waals surface area (Å²) >= 11 is 5.91. The van der Waals surface area contributed by atoms with Crippen LogP contribution in [0.1, 0.15) is 18.4 Å². The maximum Gasteiger partial charge on any atom is 0.303 e. The average molecular weight is 245 g/mol. The lowest BCUT2D eigenvalue weighted by Crippen LogP contribution is -1.97. The summed E-state index contributed by atoms with van der Waals surface area (Å²) in [6.45, 7) is 0. The summed E-state index contributed by atoms with van der Waals surface area (Å²) in [4.78, 5) is 10.4. The normalized spacial score (nSPS) is 10.1. The minimum absolute atomic E-state index is 0.0135. The minimum Gasteiger partial charge on any atom is -0.504 e. The van der Waals surface area contributed by atoms with Crippen LogP contribution < -0.4 is 4.74 Å². The van der Waals surface area contributed by atoms with E-state index in [0.29, 0.717) is 29.2 Å². The maximum absolute atomic E-state index is 10.4. The lowest BCUT2D eigenvalue weighted by Gasteiger charge is -2.10. The van der Waals surface area contributed by atoms with Gasteiger partial charge in [-0.05, 0) is 25.0 Å². The Bertz CT molecular complexity index is 390. The van der Waals surface area contributed by atoms with Gasteiger partial charge in [0.1, 0.15) is 0 Å². The lowest BCUT2D eigenvalue weighted by molar-refractivity contribution is -0.137. The van der Waals surface area contributed by atoms with E-state index in [0.717, 1.165) is 0 Å². The van der Waals surface area contributed by atoms with Crippen LogP contribution in [0.25, 0.3) is 0 Å². The van der Waals surface area contributed by atoms with E-state index in [1.807, 2.05) is 0 Å². The molecule has 1 rings (SSSR count). The molecule has 0 aliphatic carbocycles. The van der Waals surface area contributed by atoms with Crippen molar-refractivity contribution in [2.75, 3.05) is 7.11 Å². The van der Waals surface area contributed by atoms with E-state index in [9.17, 15) is 9.90 Å². The molecule has 2 N–H and O–H groups in total. The molecule has 0 aliphatic heterocycles. The summed E-state index contributed by atoms with van der Waals surface area (Å²) in [7, 11) is 1.45. The van der Waals surface area contributed by atoms with E-state index in [-0.39, 0.29) is 12.2 Å². The number of ether oxygens (including phenoxy) is 1. The van der Waals surface area contributed by atoms with Gasteiger partial charge in [-0.25, -0.2) is 0 Å². The fraction of sp³-hybridized carbons (Fsp3) is 0.364. The zero-order chi connectivity index (χ0) is 12.1. The van der Waals surface area contributed by atoms with Crippen LogP contribution in [0.15, 0.2) is 12.1 Å². The fourth-order valence-electron chi connectivity index (χ4n) is 1.41. The Morgan fingerprint density at radius 3 is 2.75 bits per heavy atom. The highest BCUT2D eigenvalue weighted by Crippen LogP contribution is 2.35. The van der Waals surface area contributed by atoms with Gasteiger partial charge in [0.05, 0.1) is 7.11 Å². The van der Waals surface area contributed by atoms with E-state index in [1.54, 1.807) is 12.1 Å². The van der Waals surface area contributed by atoms with Crippen LogP contribution in [0.3, 0.4) is 0 Å². The van der Waals surface area contributed by atoms with Gasteiger partial charge in [0.25, 0.3) is 0 Å². The molecule has 0 amide bonds. The maximum atomic E-state index is 10.4. The summed E-state index contributed by atoms with van der Waals surface area (Å²) in [6.07, 6.45) is 0.886. The molecule has 1 aromatic rings. The van der Waals surface area contributed by atoms with Crippen LogP contribution in [0.2, 0.25) is 5.02 Å². The molecule has 0 saturated carbocycles. The predicted molar refractivity (Wildman–Crippen MR) is 60.2 cm³/mol. The van der Waals surface area contributed by atoms with Gasteiger partial charge in [-0.15, -0.1) is 0 Å². The van der Waals surface area contributed by atoms with Crippen LogP contribution in [0.5, 0.6) is 11.5 Å². The van der Waals surface area contributed by atoms with Gasteiger partial charge in [-0.2, -0.15) is 0 Å². The first-order chi connectivity index (χ1) is 7.56. The van der Waals surface area contributed by atoms with Crippen molar-refractivity contribution in [3.8, 4) is 11.5 Å². The summed E-state index contributed by atoms with van der Waals surface area (Å²) in [5.74, 6) is -0.534. The van der Waals surface area contributed by atoms with Crippen molar-refractivity contribution in [3.05, 3.63) is 22.7 Å². The molecule has 0 bridgehead atoms. The standard InChI is InChI=1S/C11H13ClO4/c1-16-9-6-5-8(12)7(11(9)15)3-2-4-10(13)14/h5-6,15H,2-4H2,1H3,(H,13,14). The summed E-state index contributed by atoms with van der Waals surface area (Å²) in [6, 6.07) is 3.19. The highest BCUT2D eigenvalue weighted by atomic mass is 35.5. The second-order valence-corrected chi connectivity index (χ2v) is 3.73. The molecular weight excluding hydrogens is 232 g/mol. The van der Waals surface area contributed by atoms with Crippen LogP contribution in [0.4, 0.5) is 0 Å². The number of methoxy groups -OCH3 is 1. The Morgan fingerprint density at radius 2 is 2.19 bits per heavy atom. The van der Waals surface area contributed by atoms with Crippen molar-refractivity contribution < 1.29 is 19.7 Å². The number of hydrogen-bond acceptors (Lipinski definition) is 3. The number of halogens is 1. The van der Waals surface area contributed by atoms with Crippen molar-refractivity contribution >= 4 is 17.6 Å². The molecule has 0 heterocycles. The smallest absolute Gasteiger partial charge is 0.303 e. The van der Waals surface area contributed by atoms with Crippen molar-refractivity contribution in [1.29, 1.82) is 0 Å². The molecule has 0 saturated heterocycles. The summed E-state index contributed by atoms with van der Waals surface area (Å²) < 4.78 is 4.94. The Hall–Kier alpha value is -1.42. The first-order valence-corrected chi connectivity index (χ1v) is 5.20.